The largest absolute Gasteiger partial charge is 0.468 e. The molecule has 0 saturated heterocycles. The summed E-state index contributed by atoms with van der Waals surface area (Å²) in [4.78, 5) is 14.7. The van der Waals surface area contributed by atoms with Crippen LogP contribution in [0.15, 0.2) is 34.9 Å². The highest BCUT2D eigenvalue weighted by Gasteiger charge is 2.37. The van der Waals surface area contributed by atoms with Crippen LogP contribution in [0.3, 0.4) is 0 Å². The monoisotopic (exact) mass is 273 g/mol. The molecule has 3 nitrogen and oxygen atoms in total. The molecule has 0 saturated carbocycles. The van der Waals surface area contributed by atoms with Crippen molar-refractivity contribution in [3.63, 3.8) is 0 Å². The van der Waals surface area contributed by atoms with E-state index < -0.39 is 23.7 Å². The molecular weight excluding hydrogens is 266 g/mol. The van der Waals surface area contributed by atoms with Crippen LogP contribution in [0, 0.1) is 5.82 Å². The summed E-state index contributed by atoms with van der Waals surface area (Å²) in [5.74, 6) is -2.57. The van der Waals surface area contributed by atoms with Gasteiger partial charge in [0.25, 0.3) is 0 Å². The van der Waals surface area contributed by atoms with Gasteiger partial charge in [0.2, 0.25) is 0 Å². The van der Waals surface area contributed by atoms with Gasteiger partial charge in [0.1, 0.15) is 11.6 Å². The van der Waals surface area contributed by atoms with Gasteiger partial charge in [-0.15, -0.1) is 0 Å². The number of carbonyl (C=O) groups excluding carboxylic acids is 1. The van der Waals surface area contributed by atoms with Crippen LogP contribution in [0.4, 0.5) is 17.6 Å². The van der Waals surface area contributed by atoms with Crippen molar-refractivity contribution in [3.8, 4) is 0 Å². The smallest absolute Gasteiger partial charge is 0.438 e. The van der Waals surface area contributed by atoms with Gasteiger partial charge in [-0.05, 0) is 24.3 Å². The van der Waals surface area contributed by atoms with Gasteiger partial charge in [-0.2, -0.15) is 13.2 Å². The predicted molar refractivity (Wildman–Crippen MR) is 55.9 cm³/mol. The number of benzene rings is 1. The third kappa shape index (κ3) is 3.18. The second kappa shape index (κ2) is 4.83. The van der Waals surface area contributed by atoms with Gasteiger partial charge in [-0.3, -0.25) is 4.79 Å². The second-order valence-corrected chi connectivity index (χ2v) is 3.74. The number of alkyl halides is 3. The Bertz CT molecular complexity index is 587. The van der Waals surface area contributed by atoms with E-state index in [4.69, 9.17) is 0 Å². The van der Waals surface area contributed by atoms with E-state index in [0.717, 1.165) is 18.3 Å². The Morgan fingerprint density at radius 1 is 1.21 bits per heavy atom. The van der Waals surface area contributed by atoms with E-state index in [9.17, 15) is 22.4 Å². The van der Waals surface area contributed by atoms with Gasteiger partial charge in [0, 0.05) is 5.56 Å². The van der Waals surface area contributed by atoms with E-state index in [0.29, 0.717) is 0 Å². The lowest BCUT2D eigenvalue weighted by molar-refractivity contribution is -0.157. The van der Waals surface area contributed by atoms with Crippen molar-refractivity contribution in [2.45, 2.75) is 12.6 Å². The number of hydrogen-bond donors (Lipinski definition) is 0. The molecule has 0 amide bonds. The maximum absolute atomic E-state index is 12.6. The molecule has 0 bridgehead atoms. The molecule has 0 atom stereocenters. The number of aromatic nitrogens is 1. The molecule has 100 valence electrons. The third-order valence-electron chi connectivity index (χ3n) is 2.30. The molecule has 7 heteroatoms. The van der Waals surface area contributed by atoms with Crippen molar-refractivity contribution >= 4 is 5.78 Å². The van der Waals surface area contributed by atoms with E-state index in [1.807, 2.05) is 0 Å². The number of rotatable bonds is 3. The summed E-state index contributed by atoms with van der Waals surface area (Å²) in [7, 11) is 0. The highest BCUT2D eigenvalue weighted by molar-refractivity contribution is 5.97. The lowest BCUT2D eigenvalue weighted by Gasteiger charge is -2.00. The van der Waals surface area contributed by atoms with E-state index in [2.05, 4.69) is 9.40 Å². The molecule has 0 aliphatic carbocycles. The van der Waals surface area contributed by atoms with Gasteiger partial charge >= 0.3 is 12.1 Å². The normalized spacial score (nSPS) is 11.6. The average Bonchev–Trinajstić information content (AvgIpc) is 2.78. The van der Waals surface area contributed by atoms with Gasteiger partial charge in [-0.1, -0.05) is 0 Å². The van der Waals surface area contributed by atoms with Crippen LogP contribution in [0.2, 0.25) is 0 Å². The van der Waals surface area contributed by atoms with E-state index in [1.54, 1.807) is 0 Å². The van der Waals surface area contributed by atoms with Crippen LogP contribution in [-0.4, -0.2) is 10.8 Å². The minimum Gasteiger partial charge on any atom is -0.438 e. The van der Waals surface area contributed by atoms with Crippen molar-refractivity contribution in [1.82, 2.24) is 4.98 Å². The summed E-state index contributed by atoms with van der Waals surface area (Å²) in [6.45, 7) is 0. The standard InChI is InChI=1S/C12H7F4NO2/c13-8-3-1-7(2-4-8)10(18)5-9-6-17-11(19-9)12(14,15)16/h1-4,6H,5H2. The molecule has 2 aromatic rings. The maximum atomic E-state index is 12.6. The number of nitrogens with zero attached hydrogens (tertiary/aromatic N) is 1. The SMILES string of the molecule is O=C(Cc1cnc(C(F)(F)F)o1)c1ccc(F)cc1. The number of Topliss-reactive ketones (excluding diaryl/α,β-unsaturated/α-hetero) is 1. The average molecular weight is 273 g/mol. The Morgan fingerprint density at radius 3 is 2.37 bits per heavy atom. The molecule has 0 unspecified atom stereocenters. The van der Waals surface area contributed by atoms with Crippen LogP contribution in [0.1, 0.15) is 22.0 Å². The van der Waals surface area contributed by atoms with Gasteiger partial charge in [0.05, 0.1) is 12.6 Å². The number of halogens is 4. The number of hydrogen-bond acceptors (Lipinski definition) is 3. The van der Waals surface area contributed by atoms with Gasteiger partial charge in [0.15, 0.2) is 5.78 Å². The lowest BCUT2D eigenvalue weighted by atomic mass is 10.1. The Kier molecular flexibility index (Phi) is 3.37. The Balaban J connectivity index is 2.11. The van der Waals surface area contributed by atoms with E-state index in [-0.39, 0.29) is 17.7 Å². The van der Waals surface area contributed by atoms with E-state index in [1.165, 1.54) is 12.1 Å². The topological polar surface area (TPSA) is 43.1 Å². The molecule has 2 rings (SSSR count). The first-order valence-corrected chi connectivity index (χ1v) is 5.17. The van der Waals surface area contributed by atoms with Crippen LogP contribution in [0.5, 0.6) is 0 Å². The molecule has 1 aromatic heterocycles. The van der Waals surface area contributed by atoms with Crippen LogP contribution in [0.25, 0.3) is 0 Å². The fourth-order valence-corrected chi connectivity index (χ4v) is 1.42. The number of carbonyl (C=O) groups is 1. The molecule has 0 radical (unpaired) electrons. The molecule has 0 spiro atoms. The first-order chi connectivity index (χ1) is 8.86. The molecule has 1 aromatic carbocycles. The van der Waals surface area contributed by atoms with Crippen LogP contribution < -0.4 is 0 Å². The molecule has 0 N–H and O–H groups in total. The zero-order valence-corrected chi connectivity index (χ0v) is 9.37. The summed E-state index contributed by atoms with van der Waals surface area (Å²) in [5.41, 5.74) is 0.186. The molecule has 0 aliphatic heterocycles. The fourth-order valence-electron chi connectivity index (χ4n) is 1.42. The maximum Gasteiger partial charge on any atom is 0.468 e. The fraction of sp³-hybridized carbons (Fsp3) is 0.167. The van der Waals surface area contributed by atoms with Crippen molar-refractivity contribution in [2.75, 3.05) is 0 Å². The molecule has 0 fully saturated rings. The van der Waals surface area contributed by atoms with Crippen molar-refractivity contribution in [3.05, 3.63) is 53.5 Å². The predicted octanol–water partition coefficient (Wildman–Crippen LogP) is 3.26. The van der Waals surface area contributed by atoms with E-state index >= 15 is 0 Å². The Hall–Kier alpha value is -2.18. The van der Waals surface area contributed by atoms with Crippen molar-refractivity contribution in [2.24, 2.45) is 0 Å². The second-order valence-electron chi connectivity index (χ2n) is 3.74. The summed E-state index contributed by atoms with van der Waals surface area (Å²) in [5, 5.41) is 0. The molecule has 19 heavy (non-hydrogen) atoms. The molecule has 0 aliphatic rings. The summed E-state index contributed by atoms with van der Waals surface area (Å²) in [6, 6.07) is 4.68. The first kappa shape index (κ1) is 13.3. The summed E-state index contributed by atoms with van der Waals surface area (Å²) in [6.07, 6.45) is -4.20. The van der Waals surface area contributed by atoms with Gasteiger partial charge < -0.3 is 4.42 Å². The summed E-state index contributed by atoms with van der Waals surface area (Å²) < 4.78 is 53.7. The highest BCUT2D eigenvalue weighted by Crippen LogP contribution is 2.28. The zero-order chi connectivity index (χ0) is 14.0. The summed E-state index contributed by atoms with van der Waals surface area (Å²) >= 11 is 0. The molecular formula is C12H7F4NO2. The van der Waals surface area contributed by atoms with Crippen molar-refractivity contribution < 1.29 is 26.8 Å². The zero-order valence-electron chi connectivity index (χ0n) is 9.37. The van der Waals surface area contributed by atoms with Crippen LogP contribution >= 0.6 is 0 Å². The number of ketones is 1. The number of oxazole rings is 1. The molecule has 1 heterocycles. The van der Waals surface area contributed by atoms with Crippen LogP contribution in [-0.2, 0) is 12.6 Å². The first-order valence-electron chi connectivity index (χ1n) is 5.17. The third-order valence-corrected chi connectivity index (χ3v) is 2.30. The minimum absolute atomic E-state index is 0.186. The lowest BCUT2D eigenvalue weighted by Crippen LogP contribution is -2.05. The van der Waals surface area contributed by atoms with Crippen molar-refractivity contribution in [1.29, 1.82) is 0 Å². The Morgan fingerprint density at radius 2 is 1.84 bits per heavy atom. The Labute approximate surface area is 104 Å². The quantitative estimate of drug-likeness (QED) is 0.636. The van der Waals surface area contributed by atoms with Gasteiger partial charge in [-0.25, -0.2) is 9.37 Å². The highest BCUT2D eigenvalue weighted by atomic mass is 19.4. The minimum atomic E-state index is -4.68.